The number of rotatable bonds is 2. The molecule has 0 spiro atoms. The second-order valence-corrected chi connectivity index (χ2v) is 5.07. The molecule has 0 aliphatic heterocycles. The first kappa shape index (κ1) is 11.3. The van der Waals surface area contributed by atoms with Crippen molar-refractivity contribution in [1.29, 1.82) is 5.26 Å². The number of nitriles is 1. The standard InChI is InChI=1S/C12H11BrN2O/c13-10-4-9(6-15-7-10)5-12(8-14)3-1-2-11(12)16/h4,6-7H,1-3,5H2. The SMILES string of the molecule is N#CC1(Cc2cncc(Br)c2)CCCC1=O. The van der Waals surface area contributed by atoms with Crippen molar-refractivity contribution in [2.45, 2.75) is 25.7 Å². The van der Waals surface area contributed by atoms with Crippen molar-refractivity contribution in [1.82, 2.24) is 4.98 Å². The van der Waals surface area contributed by atoms with E-state index in [1.54, 1.807) is 12.4 Å². The summed E-state index contributed by atoms with van der Waals surface area (Å²) in [6.07, 6.45) is 5.93. The molecular weight excluding hydrogens is 268 g/mol. The Hall–Kier alpha value is -1.21. The Balaban J connectivity index is 2.26. The lowest BCUT2D eigenvalue weighted by atomic mass is 9.81. The molecule has 1 unspecified atom stereocenters. The molecule has 2 rings (SSSR count). The van der Waals surface area contributed by atoms with E-state index in [-0.39, 0.29) is 5.78 Å². The minimum absolute atomic E-state index is 0.0787. The summed E-state index contributed by atoms with van der Waals surface area (Å²) in [6, 6.07) is 4.12. The van der Waals surface area contributed by atoms with E-state index in [1.165, 1.54) is 0 Å². The average molecular weight is 279 g/mol. The van der Waals surface area contributed by atoms with Crippen molar-refractivity contribution < 1.29 is 4.79 Å². The van der Waals surface area contributed by atoms with E-state index in [1.807, 2.05) is 6.07 Å². The molecule has 0 bridgehead atoms. The van der Waals surface area contributed by atoms with E-state index in [9.17, 15) is 10.1 Å². The van der Waals surface area contributed by atoms with Gasteiger partial charge in [-0.25, -0.2) is 0 Å². The number of Topliss-reactive ketones (excluding diaryl/α,β-unsaturated/α-hetero) is 1. The number of carbonyl (C=O) groups excluding carboxylic acids is 1. The number of halogens is 1. The van der Waals surface area contributed by atoms with E-state index >= 15 is 0 Å². The van der Waals surface area contributed by atoms with Crippen LogP contribution in [0.25, 0.3) is 0 Å². The summed E-state index contributed by atoms with van der Waals surface area (Å²) >= 11 is 3.34. The summed E-state index contributed by atoms with van der Waals surface area (Å²) < 4.78 is 0.878. The smallest absolute Gasteiger partial charge is 0.153 e. The zero-order valence-corrected chi connectivity index (χ0v) is 10.3. The predicted molar refractivity (Wildman–Crippen MR) is 62.5 cm³/mol. The molecule has 0 saturated heterocycles. The lowest BCUT2D eigenvalue weighted by Gasteiger charge is -2.18. The van der Waals surface area contributed by atoms with E-state index in [2.05, 4.69) is 27.0 Å². The molecule has 1 atom stereocenters. The number of hydrogen-bond donors (Lipinski definition) is 0. The Morgan fingerprint density at radius 1 is 1.56 bits per heavy atom. The molecule has 4 heteroatoms. The maximum Gasteiger partial charge on any atom is 0.153 e. The minimum atomic E-state index is -0.803. The van der Waals surface area contributed by atoms with Crippen molar-refractivity contribution in [2.75, 3.05) is 0 Å². The summed E-state index contributed by atoms with van der Waals surface area (Å²) in [5, 5.41) is 9.21. The Bertz CT molecular complexity index is 466. The van der Waals surface area contributed by atoms with Gasteiger partial charge in [0.2, 0.25) is 0 Å². The fourth-order valence-corrected chi connectivity index (χ4v) is 2.59. The van der Waals surface area contributed by atoms with Gasteiger partial charge in [0.25, 0.3) is 0 Å². The van der Waals surface area contributed by atoms with Gasteiger partial charge in [0, 0.05) is 23.3 Å². The second kappa shape index (κ2) is 4.34. The molecule has 1 aliphatic carbocycles. The number of hydrogen-bond acceptors (Lipinski definition) is 3. The largest absolute Gasteiger partial charge is 0.298 e. The molecule has 1 aromatic rings. The molecule has 0 aromatic carbocycles. The van der Waals surface area contributed by atoms with Crippen LogP contribution < -0.4 is 0 Å². The lowest BCUT2D eigenvalue weighted by Crippen LogP contribution is -2.26. The summed E-state index contributed by atoms with van der Waals surface area (Å²) in [6.45, 7) is 0. The summed E-state index contributed by atoms with van der Waals surface area (Å²) in [5.74, 6) is 0.0787. The van der Waals surface area contributed by atoms with Gasteiger partial charge in [-0.3, -0.25) is 9.78 Å². The molecule has 0 amide bonds. The second-order valence-electron chi connectivity index (χ2n) is 4.16. The first-order chi connectivity index (χ1) is 7.66. The van der Waals surface area contributed by atoms with Gasteiger partial charge in [0.1, 0.15) is 5.41 Å². The highest BCUT2D eigenvalue weighted by Crippen LogP contribution is 2.37. The van der Waals surface area contributed by atoms with Gasteiger partial charge in [0.05, 0.1) is 6.07 Å². The van der Waals surface area contributed by atoms with Crippen molar-refractivity contribution in [3.63, 3.8) is 0 Å². The lowest BCUT2D eigenvalue weighted by molar-refractivity contribution is -0.123. The zero-order chi connectivity index (χ0) is 11.6. The Morgan fingerprint density at radius 3 is 2.94 bits per heavy atom. The molecule has 3 nitrogen and oxygen atoms in total. The molecule has 0 radical (unpaired) electrons. The third-order valence-corrected chi connectivity index (χ3v) is 3.46. The first-order valence-electron chi connectivity index (χ1n) is 5.20. The Labute approximate surface area is 103 Å². The maximum absolute atomic E-state index is 11.8. The Morgan fingerprint density at radius 2 is 2.38 bits per heavy atom. The maximum atomic E-state index is 11.8. The molecule has 82 valence electrons. The van der Waals surface area contributed by atoms with Gasteiger partial charge in [-0.2, -0.15) is 5.26 Å². The highest BCUT2D eigenvalue weighted by atomic mass is 79.9. The molecule has 16 heavy (non-hydrogen) atoms. The fraction of sp³-hybridized carbons (Fsp3) is 0.417. The van der Waals surface area contributed by atoms with Crippen LogP contribution in [0.3, 0.4) is 0 Å². The van der Waals surface area contributed by atoms with Gasteiger partial charge < -0.3 is 0 Å². The van der Waals surface area contributed by atoms with Crippen LogP contribution in [0.1, 0.15) is 24.8 Å². The fourth-order valence-electron chi connectivity index (χ4n) is 2.18. The van der Waals surface area contributed by atoms with Gasteiger partial charge in [-0.15, -0.1) is 0 Å². The van der Waals surface area contributed by atoms with Crippen LogP contribution in [0.5, 0.6) is 0 Å². The van der Waals surface area contributed by atoms with Crippen LogP contribution in [-0.2, 0) is 11.2 Å². The average Bonchev–Trinajstić information content (AvgIpc) is 2.61. The number of nitrogens with zero attached hydrogens (tertiary/aromatic N) is 2. The molecule has 1 aliphatic rings. The summed E-state index contributed by atoms with van der Waals surface area (Å²) in [7, 11) is 0. The quantitative estimate of drug-likeness (QED) is 0.836. The summed E-state index contributed by atoms with van der Waals surface area (Å²) in [5.41, 5.74) is 0.133. The predicted octanol–water partition coefficient (Wildman–Crippen LogP) is 2.65. The number of pyridine rings is 1. The first-order valence-corrected chi connectivity index (χ1v) is 6.00. The highest BCUT2D eigenvalue weighted by molar-refractivity contribution is 9.10. The molecule has 1 saturated carbocycles. The number of aromatic nitrogens is 1. The normalized spacial score (nSPS) is 24.4. The van der Waals surface area contributed by atoms with Gasteiger partial charge >= 0.3 is 0 Å². The van der Waals surface area contributed by atoms with E-state index < -0.39 is 5.41 Å². The van der Waals surface area contributed by atoms with E-state index in [0.29, 0.717) is 19.3 Å². The number of ketones is 1. The highest BCUT2D eigenvalue weighted by Gasteiger charge is 2.42. The van der Waals surface area contributed by atoms with Crippen LogP contribution in [-0.4, -0.2) is 10.8 Å². The van der Waals surface area contributed by atoms with Crippen LogP contribution >= 0.6 is 15.9 Å². The number of carbonyl (C=O) groups is 1. The summed E-state index contributed by atoms with van der Waals surface area (Å²) in [4.78, 5) is 15.8. The molecular formula is C12H11BrN2O. The van der Waals surface area contributed by atoms with Gasteiger partial charge in [-0.05, 0) is 46.8 Å². The molecule has 1 fully saturated rings. The monoisotopic (exact) mass is 278 g/mol. The van der Waals surface area contributed by atoms with Crippen molar-refractivity contribution in [3.05, 3.63) is 28.5 Å². The minimum Gasteiger partial charge on any atom is -0.298 e. The van der Waals surface area contributed by atoms with Crippen LogP contribution in [0.4, 0.5) is 0 Å². The van der Waals surface area contributed by atoms with Crippen LogP contribution in [0.2, 0.25) is 0 Å². The third-order valence-electron chi connectivity index (χ3n) is 3.02. The van der Waals surface area contributed by atoms with Crippen LogP contribution in [0, 0.1) is 16.7 Å². The molecule has 1 heterocycles. The van der Waals surface area contributed by atoms with E-state index in [4.69, 9.17) is 0 Å². The zero-order valence-electron chi connectivity index (χ0n) is 8.74. The van der Waals surface area contributed by atoms with E-state index in [0.717, 1.165) is 16.5 Å². The molecule has 0 N–H and O–H groups in total. The Kier molecular flexibility index (Phi) is 3.06. The topological polar surface area (TPSA) is 53.8 Å². The van der Waals surface area contributed by atoms with Crippen LogP contribution in [0.15, 0.2) is 22.9 Å². The van der Waals surface area contributed by atoms with Crippen molar-refractivity contribution in [3.8, 4) is 6.07 Å². The van der Waals surface area contributed by atoms with Crippen molar-refractivity contribution >= 4 is 21.7 Å². The molecule has 1 aromatic heterocycles. The van der Waals surface area contributed by atoms with Gasteiger partial charge in [-0.1, -0.05) is 0 Å². The van der Waals surface area contributed by atoms with Gasteiger partial charge in [0.15, 0.2) is 5.78 Å². The van der Waals surface area contributed by atoms with Crippen molar-refractivity contribution in [2.24, 2.45) is 5.41 Å². The third kappa shape index (κ3) is 2.00.